The zero-order chi connectivity index (χ0) is 13.0. The van der Waals surface area contributed by atoms with Gasteiger partial charge in [-0.15, -0.1) is 0 Å². The topological polar surface area (TPSA) is 61.2 Å². The van der Waals surface area contributed by atoms with Gasteiger partial charge in [-0.25, -0.2) is 0 Å². The molecule has 0 aliphatic carbocycles. The molecule has 1 unspecified atom stereocenters. The molecule has 0 spiro atoms. The van der Waals surface area contributed by atoms with Crippen LogP contribution in [0.15, 0.2) is 12.1 Å². The zero-order valence-electron chi connectivity index (χ0n) is 10.8. The van der Waals surface area contributed by atoms with E-state index in [0.29, 0.717) is 6.54 Å². The second-order valence-corrected chi connectivity index (χ2v) is 4.46. The standard InChI is InChI=1S/C13H18N4O/c1-10-5-13(18-2)6-11(16-10)9-17-4-3-15-8-12(17)7-14/h5-6,12,15H,3-4,8-9H2,1-2H3. The number of pyridine rings is 1. The highest BCUT2D eigenvalue weighted by molar-refractivity contribution is 5.26. The van der Waals surface area contributed by atoms with Gasteiger partial charge in [0.05, 0.1) is 18.9 Å². The molecule has 1 aromatic heterocycles. The number of hydrogen-bond donors (Lipinski definition) is 1. The molecule has 0 saturated carbocycles. The van der Waals surface area contributed by atoms with E-state index in [1.165, 1.54) is 0 Å². The lowest BCUT2D eigenvalue weighted by Crippen LogP contribution is -2.50. The van der Waals surface area contributed by atoms with Gasteiger partial charge < -0.3 is 10.1 Å². The molecule has 2 heterocycles. The number of nitriles is 1. The Bertz CT molecular complexity index is 455. The zero-order valence-corrected chi connectivity index (χ0v) is 10.8. The third kappa shape index (κ3) is 2.97. The molecule has 1 N–H and O–H groups in total. The Labute approximate surface area is 107 Å². The normalized spacial score (nSPS) is 20.4. The summed E-state index contributed by atoms with van der Waals surface area (Å²) in [4.78, 5) is 6.64. The third-order valence-electron chi connectivity index (χ3n) is 3.08. The van der Waals surface area contributed by atoms with Crippen molar-refractivity contribution >= 4 is 0 Å². The Morgan fingerprint density at radius 3 is 3.17 bits per heavy atom. The van der Waals surface area contributed by atoms with Gasteiger partial charge in [0.15, 0.2) is 0 Å². The number of methoxy groups -OCH3 is 1. The number of piperazine rings is 1. The summed E-state index contributed by atoms with van der Waals surface area (Å²) >= 11 is 0. The number of aryl methyl sites for hydroxylation is 1. The molecular formula is C13H18N4O. The van der Waals surface area contributed by atoms with Crippen molar-refractivity contribution in [2.75, 3.05) is 26.7 Å². The molecule has 1 saturated heterocycles. The van der Waals surface area contributed by atoms with Gasteiger partial charge in [0, 0.05) is 44.0 Å². The van der Waals surface area contributed by atoms with E-state index in [4.69, 9.17) is 10.00 Å². The minimum absolute atomic E-state index is 0.0768. The largest absolute Gasteiger partial charge is 0.497 e. The maximum atomic E-state index is 9.12. The van der Waals surface area contributed by atoms with Crippen molar-refractivity contribution in [1.82, 2.24) is 15.2 Å². The van der Waals surface area contributed by atoms with Gasteiger partial charge in [-0.2, -0.15) is 5.26 Å². The first-order valence-corrected chi connectivity index (χ1v) is 6.09. The lowest BCUT2D eigenvalue weighted by atomic mass is 10.2. The number of ether oxygens (including phenoxy) is 1. The van der Waals surface area contributed by atoms with E-state index in [0.717, 1.165) is 36.8 Å². The summed E-state index contributed by atoms with van der Waals surface area (Å²) in [5, 5.41) is 12.3. The van der Waals surface area contributed by atoms with Crippen LogP contribution in [0.25, 0.3) is 0 Å². The second kappa shape index (κ2) is 5.80. The van der Waals surface area contributed by atoms with Gasteiger partial charge in [0.2, 0.25) is 0 Å². The first-order chi connectivity index (χ1) is 8.72. The molecule has 0 amide bonds. The highest BCUT2D eigenvalue weighted by Crippen LogP contribution is 2.16. The van der Waals surface area contributed by atoms with Crippen LogP contribution in [-0.4, -0.2) is 42.7 Å². The Morgan fingerprint density at radius 2 is 2.44 bits per heavy atom. The van der Waals surface area contributed by atoms with E-state index in [2.05, 4.69) is 21.3 Å². The van der Waals surface area contributed by atoms with Gasteiger partial charge in [-0.3, -0.25) is 9.88 Å². The van der Waals surface area contributed by atoms with E-state index in [1.54, 1.807) is 7.11 Å². The fraction of sp³-hybridized carbons (Fsp3) is 0.538. The summed E-state index contributed by atoms with van der Waals surface area (Å²) in [6.45, 7) is 5.15. The molecule has 5 heteroatoms. The third-order valence-corrected chi connectivity index (χ3v) is 3.08. The molecule has 1 aliphatic rings. The molecule has 0 aromatic carbocycles. The predicted octanol–water partition coefficient (Wildman–Crippen LogP) is 0.696. The molecule has 1 aliphatic heterocycles. The van der Waals surface area contributed by atoms with Crippen LogP contribution in [0.4, 0.5) is 0 Å². The fourth-order valence-corrected chi connectivity index (χ4v) is 2.17. The number of hydrogen-bond acceptors (Lipinski definition) is 5. The summed E-state index contributed by atoms with van der Waals surface area (Å²) in [6, 6.07) is 6.08. The van der Waals surface area contributed by atoms with Gasteiger partial charge in [0.25, 0.3) is 0 Å². The van der Waals surface area contributed by atoms with E-state index in [1.807, 2.05) is 19.1 Å². The number of nitrogens with zero attached hydrogens (tertiary/aromatic N) is 3. The van der Waals surface area contributed by atoms with Crippen LogP contribution >= 0.6 is 0 Å². The van der Waals surface area contributed by atoms with Crippen molar-refractivity contribution in [3.63, 3.8) is 0 Å². The van der Waals surface area contributed by atoms with Crippen molar-refractivity contribution in [3.05, 3.63) is 23.5 Å². The van der Waals surface area contributed by atoms with Crippen molar-refractivity contribution in [2.24, 2.45) is 0 Å². The molecule has 2 rings (SSSR count). The summed E-state index contributed by atoms with van der Waals surface area (Å²) in [5.74, 6) is 0.821. The lowest BCUT2D eigenvalue weighted by molar-refractivity contribution is 0.187. The summed E-state index contributed by atoms with van der Waals surface area (Å²) < 4.78 is 5.24. The van der Waals surface area contributed by atoms with Gasteiger partial charge in [0.1, 0.15) is 11.8 Å². The number of aromatic nitrogens is 1. The van der Waals surface area contributed by atoms with Crippen molar-refractivity contribution in [3.8, 4) is 11.8 Å². The lowest BCUT2D eigenvalue weighted by Gasteiger charge is -2.31. The highest BCUT2D eigenvalue weighted by atomic mass is 16.5. The van der Waals surface area contributed by atoms with Crippen molar-refractivity contribution in [2.45, 2.75) is 19.5 Å². The minimum Gasteiger partial charge on any atom is -0.497 e. The predicted molar refractivity (Wildman–Crippen MR) is 68.2 cm³/mol. The SMILES string of the molecule is COc1cc(C)nc(CN2CCNCC2C#N)c1. The first-order valence-electron chi connectivity index (χ1n) is 6.09. The first kappa shape index (κ1) is 12.8. The molecular weight excluding hydrogens is 228 g/mol. The average molecular weight is 246 g/mol. The van der Waals surface area contributed by atoms with Crippen LogP contribution in [0, 0.1) is 18.3 Å². The van der Waals surface area contributed by atoms with Crippen LogP contribution in [0.1, 0.15) is 11.4 Å². The van der Waals surface area contributed by atoms with E-state index in [-0.39, 0.29) is 6.04 Å². The quantitative estimate of drug-likeness (QED) is 0.850. The Balaban J connectivity index is 2.12. The van der Waals surface area contributed by atoms with Crippen LogP contribution in [0.3, 0.4) is 0 Å². The van der Waals surface area contributed by atoms with Crippen LogP contribution in [0.2, 0.25) is 0 Å². The van der Waals surface area contributed by atoms with Crippen molar-refractivity contribution < 1.29 is 4.74 Å². The van der Waals surface area contributed by atoms with Crippen LogP contribution in [-0.2, 0) is 6.54 Å². The van der Waals surface area contributed by atoms with Gasteiger partial charge >= 0.3 is 0 Å². The number of nitrogens with one attached hydrogen (secondary N) is 1. The molecule has 0 radical (unpaired) electrons. The number of rotatable bonds is 3. The second-order valence-electron chi connectivity index (χ2n) is 4.46. The molecule has 5 nitrogen and oxygen atoms in total. The van der Waals surface area contributed by atoms with Gasteiger partial charge in [-0.1, -0.05) is 0 Å². The smallest absolute Gasteiger partial charge is 0.122 e. The maximum absolute atomic E-state index is 9.12. The molecule has 96 valence electrons. The molecule has 1 fully saturated rings. The van der Waals surface area contributed by atoms with E-state index < -0.39 is 0 Å². The average Bonchev–Trinajstić information content (AvgIpc) is 2.38. The fourth-order valence-electron chi connectivity index (χ4n) is 2.17. The van der Waals surface area contributed by atoms with Crippen LogP contribution in [0.5, 0.6) is 5.75 Å². The molecule has 1 atom stereocenters. The molecule has 1 aromatic rings. The Morgan fingerprint density at radius 1 is 1.61 bits per heavy atom. The van der Waals surface area contributed by atoms with E-state index >= 15 is 0 Å². The maximum Gasteiger partial charge on any atom is 0.122 e. The highest BCUT2D eigenvalue weighted by Gasteiger charge is 2.22. The van der Waals surface area contributed by atoms with E-state index in [9.17, 15) is 0 Å². The summed E-state index contributed by atoms with van der Waals surface area (Å²) in [5.41, 5.74) is 1.89. The summed E-state index contributed by atoms with van der Waals surface area (Å²) in [7, 11) is 1.65. The summed E-state index contributed by atoms with van der Waals surface area (Å²) in [6.07, 6.45) is 0. The Kier molecular flexibility index (Phi) is 4.13. The van der Waals surface area contributed by atoms with Crippen molar-refractivity contribution in [1.29, 1.82) is 5.26 Å². The van der Waals surface area contributed by atoms with Gasteiger partial charge in [-0.05, 0) is 6.92 Å². The monoisotopic (exact) mass is 246 g/mol. The molecule has 0 bridgehead atoms. The minimum atomic E-state index is -0.0768. The van der Waals surface area contributed by atoms with Crippen LogP contribution < -0.4 is 10.1 Å². The molecule has 18 heavy (non-hydrogen) atoms. The Hall–Kier alpha value is -1.64.